The summed E-state index contributed by atoms with van der Waals surface area (Å²) in [6.07, 6.45) is 4.69. The van der Waals surface area contributed by atoms with Crippen molar-refractivity contribution in [2.75, 3.05) is 13.2 Å². The van der Waals surface area contributed by atoms with Crippen molar-refractivity contribution in [3.05, 3.63) is 35.9 Å². The second-order valence-electron chi connectivity index (χ2n) is 9.45. The molecule has 1 rings (SSSR count). The van der Waals surface area contributed by atoms with Crippen LogP contribution in [0, 0.1) is 17.3 Å². The maximum absolute atomic E-state index is 13.4. The lowest BCUT2D eigenvalue weighted by Crippen LogP contribution is -2.39. The summed E-state index contributed by atoms with van der Waals surface area (Å²) >= 11 is 0. The summed E-state index contributed by atoms with van der Waals surface area (Å²) in [4.78, 5) is 38.5. The number of benzene rings is 1. The smallest absolute Gasteiger partial charge is 0.311 e. The third kappa shape index (κ3) is 9.11. The van der Waals surface area contributed by atoms with Gasteiger partial charge in [0.05, 0.1) is 30.5 Å². The van der Waals surface area contributed by atoms with Gasteiger partial charge < -0.3 is 14.6 Å². The standard InChI is InChI=1S/C28H44O6/c1-6-10-17-33-26(31)24(23(9-4)22-15-13-12-14-16-22)20-28(5,19-21(8-3)25(29)30)27(32)34-18-11-7-2/h12-16,21,23-24H,6-11,17-20H2,1-5H3,(H,29,30). The minimum absolute atomic E-state index is 0.119. The number of hydrogen-bond donors (Lipinski definition) is 1. The molecule has 0 aliphatic rings. The summed E-state index contributed by atoms with van der Waals surface area (Å²) in [6.45, 7) is 10.2. The minimum Gasteiger partial charge on any atom is -0.481 e. The summed E-state index contributed by atoms with van der Waals surface area (Å²) in [5.41, 5.74) is -0.113. The number of rotatable bonds is 17. The molecule has 1 N–H and O–H groups in total. The Labute approximate surface area is 205 Å². The first-order valence-electron chi connectivity index (χ1n) is 12.9. The van der Waals surface area contributed by atoms with Crippen molar-refractivity contribution in [2.24, 2.45) is 17.3 Å². The highest BCUT2D eigenvalue weighted by molar-refractivity contribution is 5.80. The summed E-state index contributed by atoms with van der Waals surface area (Å²) in [6, 6.07) is 9.78. The average molecular weight is 477 g/mol. The van der Waals surface area contributed by atoms with Gasteiger partial charge in [-0.1, -0.05) is 70.9 Å². The monoisotopic (exact) mass is 476 g/mol. The predicted octanol–water partition coefficient (Wildman–Crippen LogP) is 6.38. The van der Waals surface area contributed by atoms with Crippen molar-refractivity contribution in [1.82, 2.24) is 0 Å². The number of hydrogen-bond acceptors (Lipinski definition) is 5. The number of ether oxygens (including phenoxy) is 2. The number of unbranched alkanes of at least 4 members (excludes halogenated alkanes) is 2. The van der Waals surface area contributed by atoms with Crippen molar-refractivity contribution in [1.29, 1.82) is 0 Å². The molecule has 1 aromatic carbocycles. The largest absolute Gasteiger partial charge is 0.481 e. The molecule has 0 bridgehead atoms. The molecule has 0 spiro atoms. The van der Waals surface area contributed by atoms with Gasteiger partial charge in [-0.05, 0) is 56.9 Å². The average Bonchev–Trinajstić information content (AvgIpc) is 2.83. The SMILES string of the molecule is CCCCOC(=O)C(CC(C)(CC(CC)C(=O)O)C(=O)OCCCC)C(CC)c1ccccc1. The second kappa shape index (κ2) is 15.5. The van der Waals surface area contributed by atoms with Gasteiger partial charge in [0, 0.05) is 0 Å². The Balaban J connectivity index is 3.37. The number of carbonyl (C=O) groups excluding carboxylic acids is 2. The van der Waals surface area contributed by atoms with Crippen LogP contribution in [0.15, 0.2) is 30.3 Å². The maximum atomic E-state index is 13.4. The number of carbonyl (C=O) groups is 3. The van der Waals surface area contributed by atoms with Gasteiger partial charge in [0.15, 0.2) is 0 Å². The molecule has 192 valence electrons. The highest BCUT2D eigenvalue weighted by atomic mass is 16.5. The molecule has 34 heavy (non-hydrogen) atoms. The summed E-state index contributed by atoms with van der Waals surface area (Å²) in [7, 11) is 0. The van der Waals surface area contributed by atoms with Crippen molar-refractivity contribution in [3.8, 4) is 0 Å². The molecular weight excluding hydrogens is 432 g/mol. The van der Waals surface area contributed by atoms with Crippen LogP contribution in [0.1, 0.15) is 97.5 Å². The third-order valence-corrected chi connectivity index (χ3v) is 6.63. The molecule has 0 aliphatic carbocycles. The van der Waals surface area contributed by atoms with E-state index >= 15 is 0 Å². The van der Waals surface area contributed by atoms with Crippen molar-refractivity contribution < 1.29 is 29.0 Å². The molecule has 0 aromatic heterocycles. The van der Waals surface area contributed by atoms with Gasteiger partial charge >= 0.3 is 17.9 Å². The fourth-order valence-electron chi connectivity index (χ4n) is 4.44. The van der Waals surface area contributed by atoms with E-state index in [1.54, 1.807) is 13.8 Å². The lowest BCUT2D eigenvalue weighted by atomic mass is 9.69. The fraction of sp³-hybridized carbons (Fsp3) is 0.679. The minimum atomic E-state index is -1.12. The van der Waals surface area contributed by atoms with Crippen molar-refractivity contribution >= 4 is 17.9 Å². The van der Waals surface area contributed by atoms with Crippen molar-refractivity contribution in [3.63, 3.8) is 0 Å². The van der Waals surface area contributed by atoms with E-state index in [9.17, 15) is 19.5 Å². The van der Waals surface area contributed by atoms with Crippen molar-refractivity contribution in [2.45, 2.75) is 91.9 Å². The third-order valence-electron chi connectivity index (χ3n) is 6.63. The Hall–Kier alpha value is -2.37. The molecule has 4 atom stereocenters. The van der Waals surface area contributed by atoms with Gasteiger partial charge in [0.1, 0.15) is 0 Å². The summed E-state index contributed by atoms with van der Waals surface area (Å²) < 4.78 is 11.2. The Morgan fingerprint density at radius 3 is 1.97 bits per heavy atom. The second-order valence-corrected chi connectivity index (χ2v) is 9.45. The van der Waals surface area contributed by atoms with Crippen LogP contribution in [-0.2, 0) is 23.9 Å². The number of carboxylic acids is 1. The zero-order valence-corrected chi connectivity index (χ0v) is 21.7. The highest BCUT2D eigenvalue weighted by Gasteiger charge is 2.44. The van der Waals surface area contributed by atoms with Gasteiger partial charge in [0.2, 0.25) is 0 Å². The molecule has 6 heteroatoms. The first-order chi connectivity index (χ1) is 16.2. The normalized spacial score (nSPS) is 15.6. The lowest BCUT2D eigenvalue weighted by Gasteiger charge is -2.35. The number of carboxylic acid groups (broad SMARTS) is 1. The van der Waals surface area contributed by atoms with E-state index in [-0.39, 0.29) is 31.3 Å². The zero-order chi connectivity index (χ0) is 25.6. The molecule has 0 heterocycles. The van der Waals surface area contributed by atoms with Crippen LogP contribution in [0.25, 0.3) is 0 Å². The number of esters is 2. The van der Waals surface area contributed by atoms with E-state index in [2.05, 4.69) is 0 Å². The molecule has 0 radical (unpaired) electrons. The summed E-state index contributed by atoms with van der Waals surface area (Å²) in [5, 5.41) is 9.71. The van der Waals surface area contributed by atoms with E-state index in [0.717, 1.165) is 31.2 Å². The molecule has 0 fully saturated rings. The number of aliphatic carboxylic acids is 1. The Kier molecular flexibility index (Phi) is 13.5. The zero-order valence-electron chi connectivity index (χ0n) is 21.7. The van der Waals surface area contributed by atoms with Gasteiger partial charge in [-0.2, -0.15) is 0 Å². The fourth-order valence-corrected chi connectivity index (χ4v) is 4.44. The Bertz CT molecular complexity index is 747. The van der Waals surface area contributed by atoms with E-state index in [1.807, 2.05) is 51.1 Å². The molecule has 0 saturated heterocycles. The van der Waals surface area contributed by atoms with Crippen LogP contribution in [-0.4, -0.2) is 36.2 Å². The first kappa shape index (κ1) is 29.7. The summed E-state index contributed by atoms with van der Waals surface area (Å²) in [5.74, 6) is -3.14. The van der Waals surface area contributed by atoms with E-state index in [0.29, 0.717) is 19.4 Å². The Morgan fingerprint density at radius 1 is 0.882 bits per heavy atom. The lowest BCUT2D eigenvalue weighted by molar-refractivity contribution is -0.161. The highest BCUT2D eigenvalue weighted by Crippen LogP contribution is 2.42. The Morgan fingerprint density at radius 2 is 1.47 bits per heavy atom. The topological polar surface area (TPSA) is 89.9 Å². The molecular formula is C28H44O6. The maximum Gasteiger partial charge on any atom is 0.311 e. The van der Waals surface area contributed by atoms with E-state index < -0.39 is 29.2 Å². The molecule has 1 aromatic rings. The van der Waals surface area contributed by atoms with Gasteiger partial charge in [-0.15, -0.1) is 0 Å². The van der Waals surface area contributed by atoms with Crippen LogP contribution in [0.3, 0.4) is 0 Å². The molecule has 4 unspecified atom stereocenters. The van der Waals surface area contributed by atoms with Gasteiger partial charge in [-0.25, -0.2) is 0 Å². The van der Waals surface area contributed by atoms with Crippen LogP contribution in [0.4, 0.5) is 0 Å². The molecule has 6 nitrogen and oxygen atoms in total. The predicted molar refractivity (Wildman–Crippen MR) is 133 cm³/mol. The molecule has 0 aliphatic heterocycles. The van der Waals surface area contributed by atoms with Crippen LogP contribution < -0.4 is 0 Å². The van der Waals surface area contributed by atoms with Crippen LogP contribution in [0.5, 0.6) is 0 Å². The van der Waals surface area contributed by atoms with Gasteiger partial charge in [-0.3, -0.25) is 14.4 Å². The quantitative estimate of drug-likeness (QED) is 0.207. The van der Waals surface area contributed by atoms with Gasteiger partial charge in [0.25, 0.3) is 0 Å². The van der Waals surface area contributed by atoms with E-state index in [4.69, 9.17) is 9.47 Å². The molecule has 0 saturated carbocycles. The molecule has 0 amide bonds. The van der Waals surface area contributed by atoms with Crippen LogP contribution in [0.2, 0.25) is 0 Å². The first-order valence-corrected chi connectivity index (χ1v) is 12.9. The van der Waals surface area contributed by atoms with E-state index in [1.165, 1.54) is 0 Å². The van der Waals surface area contributed by atoms with Crippen LogP contribution >= 0.6 is 0 Å².